The van der Waals surface area contributed by atoms with E-state index in [2.05, 4.69) is 21.8 Å². The van der Waals surface area contributed by atoms with Crippen LogP contribution in [0, 0.1) is 13.8 Å². The fraction of sp³-hybridized carbons (Fsp3) is 0.636. The van der Waals surface area contributed by atoms with Gasteiger partial charge in [-0.05, 0) is 20.3 Å². The molecule has 0 radical (unpaired) electrons. The van der Waals surface area contributed by atoms with Crippen LogP contribution in [-0.4, -0.2) is 23.6 Å². The largest absolute Gasteiger partial charge is 0.383 e. The maximum atomic E-state index is 5.81. The Kier molecular flexibility index (Phi) is 3.88. The maximum absolute atomic E-state index is 5.81. The molecule has 0 aliphatic rings. The second-order valence-electron chi connectivity index (χ2n) is 3.88. The van der Waals surface area contributed by atoms with Crippen molar-refractivity contribution in [3.05, 3.63) is 11.4 Å². The van der Waals surface area contributed by atoms with E-state index in [0.29, 0.717) is 5.82 Å². The summed E-state index contributed by atoms with van der Waals surface area (Å²) >= 11 is 0. The van der Waals surface area contributed by atoms with E-state index in [9.17, 15) is 0 Å². The SMILES string of the molecule is CCCCN(C)c1nc(C)nc(N)c1C. The molecular weight excluding hydrogens is 188 g/mol. The van der Waals surface area contributed by atoms with Gasteiger partial charge in [0.05, 0.1) is 0 Å². The Balaban J connectivity index is 2.92. The lowest BCUT2D eigenvalue weighted by Gasteiger charge is -2.20. The van der Waals surface area contributed by atoms with E-state index in [1.165, 1.54) is 12.8 Å². The van der Waals surface area contributed by atoms with Crippen molar-refractivity contribution >= 4 is 11.6 Å². The third-order valence-electron chi connectivity index (χ3n) is 2.48. The molecular formula is C11H20N4. The molecule has 0 fully saturated rings. The molecule has 84 valence electrons. The first kappa shape index (κ1) is 11.8. The molecule has 1 rings (SSSR count). The lowest BCUT2D eigenvalue weighted by Crippen LogP contribution is -2.22. The average molecular weight is 208 g/mol. The van der Waals surface area contributed by atoms with Gasteiger partial charge in [0, 0.05) is 19.2 Å². The summed E-state index contributed by atoms with van der Waals surface area (Å²) in [7, 11) is 2.05. The van der Waals surface area contributed by atoms with Crippen LogP contribution in [0.15, 0.2) is 0 Å². The number of nitrogen functional groups attached to an aromatic ring is 1. The van der Waals surface area contributed by atoms with Crippen molar-refractivity contribution in [2.75, 3.05) is 24.2 Å². The molecule has 0 aliphatic carbocycles. The van der Waals surface area contributed by atoms with Crippen LogP contribution in [0.5, 0.6) is 0 Å². The fourth-order valence-corrected chi connectivity index (χ4v) is 1.51. The van der Waals surface area contributed by atoms with Crippen LogP contribution >= 0.6 is 0 Å². The summed E-state index contributed by atoms with van der Waals surface area (Å²) in [6.45, 7) is 7.02. The molecule has 0 amide bonds. The summed E-state index contributed by atoms with van der Waals surface area (Å²) in [5, 5.41) is 0. The van der Waals surface area contributed by atoms with Crippen molar-refractivity contribution in [2.45, 2.75) is 33.6 Å². The minimum Gasteiger partial charge on any atom is -0.383 e. The van der Waals surface area contributed by atoms with Gasteiger partial charge in [0.15, 0.2) is 0 Å². The summed E-state index contributed by atoms with van der Waals surface area (Å²) < 4.78 is 0. The van der Waals surface area contributed by atoms with Gasteiger partial charge in [-0.3, -0.25) is 0 Å². The number of rotatable bonds is 4. The molecule has 0 aromatic carbocycles. The second kappa shape index (κ2) is 4.96. The first-order valence-electron chi connectivity index (χ1n) is 5.38. The first-order chi connectivity index (χ1) is 7.06. The summed E-state index contributed by atoms with van der Waals surface area (Å²) in [4.78, 5) is 10.7. The topological polar surface area (TPSA) is 55.0 Å². The van der Waals surface area contributed by atoms with Crippen LogP contribution in [0.25, 0.3) is 0 Å². The number of unbranched alkanes of at least 4 members (excludes halogenated alkanes) is 1. The minimum atomic E-state index is 0.584. The molecule has 0 bridgehead atoms. The highest BCUT2D eigenvalue weighted by Crippen LogP contribution is 2.20. The quantitative estimate of drug-likeness (QED) is 0.821. The van der Waals surface area contributed by atoms with Gasteiger partial charge < -0.3 is 10.6 Å². The van der Waals surface area contributed by atoms with Crippen LogP contribution < -0.4 is 10.6 Å². The van der Waals surface area contributed by atoms with Crippen molar-refractivity contribution < 1.29 is 0 Å². The van der Waals surface area contributed by atoms with Gasteiger partial charge in [0.1, 0.15) is 17.5 Å². The van der Waals surface area contributed by atoms with Crippen LogP contribution in [0.3, 0.4) is 0 Å². The van der Waals surface area contributed by atoms with E-state index in [-0.39, 0.29) is 0 Å². The highest BCUT2D eigenvalue weighted by Gasteiger charge is 2.10. The van der Waals surface area contributed by atoms with E-state index in [4.69, 9.17) is 5.73 Å². The number of nitrogens with zero attached hydrogens (tertiary/aromatic N) is 3. The molecule has 0 saturated heterocycles. The van der Waals surface area contributed by atoms with Crippen LogP contribution in [0.4, 0.5) is 11.6 Å². The summed E-state index contributed by atoms with van der Waals surface area (Å²) in [5.41, 5.74) is 6.78. The third kappa shape index (κ3) is 2.81. The molecule has 0 aliphatic heterocycles. The summed E-state index contributed by atoms with van der Waals surface area (Å²) in [5.74, 6) is 2.27. The normalized spacial score (nSPS) is 10.4. The molecule has 0 saturated carbocycles. The average Bonchev–Trinajstić information content (AvgIpc) is 2.19. The lowest BCUT2D eigenvalue weighted by molar-refractivity contribution is 0.754. The maximum Gasteiger partial charge on any atom is 0.137 e. The number of hydrogen-bond donors (Lipinski definition) is 1. The molecule has 2 N–H and O–H groups in total. The standard InChI is InChI=1S/C11H20N4/c1-5-6-7-15(4)11-8(2)10(12)13-9(3)14-11/h5-7H2,1-4H3,(H2,12,13,14). The number of hydrogen-bond acceptors (Lipinski definition) is 4. The van der Waals surface area contributed by atoms with E-state index >= 15 is 0 Å². The van der Waals surface area contributed by atoms with Gasteiger partial charge in [-0.25, -0.2) is 9.97 Å². The number of aromatic nitrogens is 2. The molecule has 1 aromatic heterocycles. The Labute approximate surface area is 91.5 Å². The Bertz CT molecular complexity index is 336. The van der Waals surface area contributed by atoms with Gasteiger partial charge in [-0.15, -0.1) is 0 Å². The number of nitrogens with two attached hydrogens (primary N) is 1. The van der Waals surface area contributed by atoms with Gasteiger partial charge in [0.25, 0.3) is 0 Å². The van der Waals surface area contributed by atoms with Crippen molar-refractivity contribution in [3.8, 4) is 0 Å². The van der Waals surface area contributed by atoms with Crippen molar-refractivity contribution in [1.82, 2.24) is 9.97 Å². The Morgan fingerprint density at radius 3 is 2.53 bits per heavy atom. The van der Waals surface area contributed by atoms with Crippen LogP contribution in [0.1, 0.15) is 31.2 Å². The highest BCUT2D eigenvalue weighted by atomic mass is 15.2. The van der Waals surface area contributed by atoms with Gasteiger partial charge in [-0.2, -0.15) is 0 Å². The number of anilines is 2. The zero-order valence-electron chi connectivity index (χ0n) is 10.0. The smallest absolute Gasteiger partial charge is 0.137 e. The molecule has 0 atom stereocenters. The highest BCUT2D eigenvalue weighted by molar-refractivity contribution is 5.55. The van der Waals surface area contributed by atoms with Crippen molar-refractivity contribution in [2.24, 2.45) is 0 Å². The Hall–Kier alpha value is -1.32. The monoisotopic (exact) mass is 208 g/mol. The van der Waals surface area contributed by atoms with Crippen LogP contribution in [0.2, 0.25) is 0 Å². The summed E-state index contributed by atoms with van der Waals surface area (Å²) in [6, 6.07) is 0. The van der Waals surface area contributed by atoms with Gasteiger partial charge in [-0.1, -0.05) is 13.3 Å². The zero-order valence-corrected chi connectivity index (χ0v) is 10.0. The lowest BCUT2D eigenvalue weighted by atomic mass is 10.2. The molecule has 15 heavy (non-hydrogen) atoms. The number of aryl methyl sites for hydroxylation is 1. The predicted octanol–water partition coefficient (Wildman–Crippen LogP) is 1.91. The fourth-order valence-electron chi connectivity index (χ4n) is 1.51. The van der Waals surface area contributed by atoms with Gasteiger partial charge >= 0.3 is 0 Å². The molecule has 4 heteroatoms. The van der Waals surface area contributed by atoms with E-state index < -0.39 is 0 Å². The first-order valence-corrected chi connectivity index (χ1v) is 5.38. The van der Waals surface area contributed by atoms with E-state index in [1.54, 1.807) is 0 Å². The third-order valence-corrected chi connectivity index (χ3v) is 2.48. The van der Waals surface area contributed by atoms with E-state index in [0.717, 1.165) is 23.8 Å². The van der Waals surface area contributed by atoms with Crippen molar-refractivity contribution in [1.29, 1.82) is 0 Å². The molecule has 0 unspecified atom stereocenters. The van der Waals surface area contributed by atoms with Gasteiger partial charge in [0.2, 0.25) is 0 Å². The zero-order chi connectivity index (χ0) is 11.4. The molecule has 4 nitrogen and oxygen atoms in total. The van der Waals surface area contributed by atoms with E-state index in [1.807, 2.05) is 20.9 Å². The van der Waals surface area contributed by atoms with Crippen LogP contribution in [-0.2, 0) is 0 Å². The summed E-state index contributed by atoms with van der Waals surface area (Å²) in [6.07, 6.45) is 2.35. The Morgan fingerprint density at radius 2 is 1.93 bits per heavy atom. The molecule has 1 aromatic rings. The molecule has 0 spiro atoms. The minimum absolute atomic E-state index is 0.584. The van der Waals surface area contributed by atoms with Crippen molar-refractivity contribution in [3.63, 3.8) is 0 Å². The predicted molar refractivity (Wildman–Crippen MR) is 64.1 cm³/mol. The second-order valence-corrected chi connectivity index (χ2v) is 3.88. The molecule has 1 heterocycles. The Morgan fingerprint density at radius 1 is 1.27 bits per heavy atom.